The number of amides is 1. The van der Waals surface area contributed by atoms with E-state index in [4.69, 9.17) is 5.73 Å². The van der Waals surface area contributed by atoms with E-state index in [0.29, 0.717) is 13.1 Å². The molecule has 0 aromatic heterocycles. The number of hydrogen-bond acceptors (Lipinski definition) is 4. The first-order valence-corrected chi connectivity index (χ1v) is 16.7. The number of Topliss-reactive ketones (excluding diaryl/α,β-unsaturated/α-hetero) is 1. The first-order valence-electron chi connectivity index (χ1n) is 16.7. The molecule has 0 aliphatic rings. The summed E-state index contributed by atoms with van der Waals surface area (Å²) in [6.45, 7) is 6.37. The summed E-state index contributed by atoms with van der Waals surface area (Å²) in [5.41, 5.74) is 7.50. The zero-order valence-corrected chi connectivity index (χ0v) is 26.6. The highest BCUT2D eigenvalue weighted by atomic mass is 16.2. The Hall–Kier alpha value is -2.40. The molecule has 5 nitrogen and oxygen atoms in total. The van der Waals surface area contributed by atoms with Crippen molar-refractivity contribution in [1.29, 1.82) is 0 Å². The van der Waals surface area contributed by atoms with Crippen molar-refractivity contribution in [1.82, 2.24) is 4.90 Å². The molecule has 0 unspecified atom stereocenters. The molecule has 0 aliphatic heterocycles. The summed E-state index contributed by atoms with van der Waals surface area (Å²) < 4.78 is 0. The number of rotatable bonds is 24. The Bertz CT molecular complexity index is 1010. The van der Waals surface area contributed by atoms with Crippen molar-refractivity contribution in [3.8, 4) is 0 Å². The fourth-order valence-electron chi connectivity index (χ4n) is 5.58. The number of anilines is 1. The topological polar surface area (TPSA) is 66.6 Å². The van der Waals surface area contributed by atoms with Gasteiger partial charge in [-0.05, 0) is 55.3 Å². The van der Waals surface area contributed by atoms with Gasteiger partial charge < -0.3 is 15.5 Å². The average molecular weight is 566 g/mol. The Balaban J connectivity index is 1.63. The zero-order valence-electron chi connectivity index (χ0n) is 26.6. The van der Waals surface area contributed by atoms with Crippen molar-refractivity contribution < 1.29 is 9.59 Å². The van der Waals surface area contributed by atoms with Crippen LogP contribution in [-0.4, -0.2) is 49.8 Å². The lowest BCUT2D eigenvalue weighted by atomic mass is 10.0. The van der Waals surface area contributed by atoms with E-state index in [1.54, 1.807) is 6.92 Å². The second-order valence-electron chi connectivity index (χ2n) is 12.0. The molecule has 0 heterocycles. The predicted molar refractivity (Wildman–Crippen MR) is 177 cm³/mol. The van der Waals surface area contributed by atoms with Gasteiger partial charge in [0.2, 0.25) is 5.91 Å². The molecule has 41 heavy (non-hydrogen) atoms. The lowest BCUT2D eigenvalue weighted by Gasteiger charge is -2.27. The molecule has 5 heteroatoms. The molecule has 0 bridgehead atoms. The molecule has 0 saturated heterocycles. The number of nitrogens with two attached hydrogens (primary N) is 1. The highest BCUT2D eigenvalue weighted by Crippen LogP contribution is 2.23. The minimum absolute atomic E-state index is 0.0700. The second-order valence-corrected chi connectivity index (χ2v) is 12.0. The third-order valence-corrected chi connectivity index (χ3v) is 8.31. The Morgan fingerprint density at radius 2 is 1.15 bits per heavy atom. The Morgan fingerprint density at radius 3 is 1.68 bits per heavy atom. The van der Waals surface area contributed by atoms with E-state index in [-0.39, 0.29) is 11.7 Å². The van der Waals surface area contributed by atoms with Crippen molar-refractivity contribution >= 4 is 28.2 Å². The SMILES string of the molecule is CCCCCCCCCCCCCCCCCCN(CCCN)C(=O)CN(C)c1ccc2cc(C(C)=O)ccc2c1. The van der Waals surface area contributed by atoms with E-state index >= 15 is 0 Å². The van der Waals surface area contributed by atoms with Crippen LogP contribution < -0.4 is 10.6 Å². The van der Waals surface area contributed by atoms with E-state index in [9.17, 15) is 9.59 Å². The summed E-state index contributed by atoms with van der Waals surface area (Å²) in [5.74, 6) is 0.231. The van der Waals surface area contributed by atoms with Crippen LogP contribution in [0.1, 0.15) is 133 Å². The quantitative estimate of drug-likeness (QED) is 0.102. The number of carbonyl (C=O) groups is 2. The summed E-state index contributed by atoms with van der Waals surface area (Å²) in [5, 5.41) is 2.11. The lowest BCUT2D eigenvalue weighted by Crippen LogP contribution is -2.40. The van der Waals surface area contributed by atoms with Crippen LogP contribution in [0.15, 0.2) is 36.4 Å². The number of unbranched alkanes of at least 4 members (excludes halogenated alkanes) is 15. The van der Waals surface area contributed by atoms with Gasteiger partial charge in [0, 0.05) is 31.4 Å². The number of fused-ring (bicyclic) bond motifs is 1. The van der Waals surface area contributed by atoms with E-state index < -0.39 is 0 Å². The summed E-state index contributed by atoms with van der Waals surface area (Å²) >= 11 is 0. The van der Waals surface area contributed by atoms with Crippen LogP contribution in [0.4, 0.5) is 5.69 Å². The molecule has 0 aliphatic carbocycles. The third-order valence-electron chi connectivity index (χ3n) is 8.31. The third kappa shape index (κ3) is 14.4. The Morgan fingerprint density at radius 1 is 0.659 bits per heavy atom. The number of benzene rings is 2. The summed E-state index contributed by atoms with van der Waals surface area (Å²) in [6.07, 6.45) is 22.5. The molecule has 0 atom stereocenters. The van der Waals surface area contributed by atoms with Gasteiger partial charge in [-0.1, -0.05) is 121 Å². The molecular formula is C36H59N3O2. The summed E-state index contributed by atoms with van der Waals surface area (Å²) in [4.78, 5) is 28.9. The highest BCUT2D eigenvalue weighted by Gasteiger charge is 2.16. The standard InChI is InChI=1S/C36H59N3O2/c1-4-5-6-7-8-9-10-11-12-13-14-15-16-17-18-19-26-39(27-20-25-37)36(41)30-38(3)35-24-23-33-28-32(31(2)40)21-22-34(33)29-35/h21-24,28-29H,4-20,25-27,30,37H2,1-3H3. The molecule has 1 amide bonds. The van der Waals surface area contributed by atoms with E-state index in [1.165, 1.54) is 96.3 Å². The normalized spacial score (nSPS) is 11.2. The maximum absolute atomic E-state index is 13.2. The first kappa shape index (κ1) is 34.8. The molecule has 230 valence electrons. The molecule has 2 aromatic carbocycles. The number of hydrogen-bond donors (Lipinski definition) is 1. The maximum Gasteiger partial charge on any atom is 0.242 e. The first-order chi connectivity index (χ1) is 20.0. The number of nitrogens with zero attached hydrogens (tertiary/aromatic N) is 2. The molecular weight excluding hydrogens is 506 g/mol. The van der Waals surface area contributed by atoms with Crippen molar-refractivity contribution in [2.24, 2.45) is 5.73 Å². The number of likely N-dealkylation sites (N-methyl/N-ethyl adjacent to an activating group) is 1. The monoisotopic (exact) mass is 565 g/mol. The van der Waals surface area contributed by atoms with Gasteiger partial charge in [0.25, 0.3) is 0 Å². The van der Waals surface area contributed by atoms with Crippen LogP contribution in [0.3, 0.4) is 0 Å². The van der Waals surface area contributed by atoms with E-state index in [2.05, 4.69) is 13.0 Å². The summed E-state index contributed by atoms with van der Waals surface area (Å²) in [6, 6.07) is 11.9. The Kier molecular flexibility index (Phi) is 18.1. The van der Waals surface area contributed by atoms with Crippen LogP contribution in [0.25, 0.3) is 10.8 Å². The number of ketones is 1. The van der Waals surface area contributed by atoms with E-state index in [1.807, 2.05) is 47.2 Å². The van der Waals surface area contributed by atoms with Gasteiger partial charge in [-0.25, -0.2) is 0 Å². The van der Waals surface area contributed by atoms with E-state index in [0.717, 1.165) is 48.0 Å². The lowest BCUT2D eigenvalue weighted by molar-refractivity contribution is -0.129. The molecule has 2 N–H and O–H groups in total. The van der Waals surface area contributed by atoms with Gasteiger partial charge in [-0.3, -0.25) is 9.59 Å². The van der Waals surface area contributed by atoms with Crippen LogP contribution in [0.5, 0.6) is 0 Å². The van der Waals surface area contributed by atoms with Crippen molar-refractivity contribution in [3.05, 3.63) is 42.0 Å². The fraction of sp³-hybridized carbons (Fsp3) is 0.667. The zero-order chi connectivity index (χ0) is 29.7. The average Bonchev–Trinajstić information content (AvgIpc) is 2.97. The van der Waals surface area contributed by atoms with Crippen LogP contribution in [0, 0.1) is 0 Å². The molecule has 2 rings (SSSR count). The fourth-order valence-corrected chi connectivity index (χ4v) is 5.58. The van der Waals surface area contributed by atoms with Crippen LogP contribution in [-0.2, 0) is 4.79 Å². The molecule has 2 aromatic rings. The molecule has 0 radical (unpaired) electrons. The van der Waals surface area contributed by atoms with Crippen LogP contribution in [0.2, 0.25) is 0 Å². The highest BCUT2D eigenvalue weighted by molar-refractivity contribution is 5.99. The largest absolute Gasteiger partial charge is 0.365 e. The smallest absolute Gasteiger partial charge is 0.242 e. The molecule has 0 fully saturated rings. The van der Waals surface area contributed by atoms with Crippen molar-refractivity contribution in [2.75, 3.05) is 38.1 Å². The van der Waals surface area contributed by atoms with Gasteiger partial charge in [0.15, 0.2) is 5.78 Å². The molecule has 0 spiro atoms. The maximum atomic E-state index is 13.2. The van der Waals surface area contributed by atoms with Crippen LogP contribution >= 0.6 is 0 Å². The minimum Gasteiger partial charge on any atom is -0.365 e. The minimum atomic E-state index is 0.0700. The van der Waals surface area contributed by atoms with Gasteiger partial charge in [0.1, 0.15) is 0 Å². The second kappa shape index (κ2) is 21.3. The molecule has 0 saturated carbocycles. The number of carbonyl (C=O) groups excluding carboxylic acids is 2. The van der Waals surface area contributed by atoms with Crippen molar-refractivity contribution in [3.63, 3.8) is 0 Å². The summed E-state index contributed by atoms with van der Waals surface area (Å²) in [7, 11) is 1.97. The van der Waals surface area contributed by atoms with Crippen molar-refractivity contribution in [2.45, 2.75) is 123 Å². The van der Waals surface area contributed by atoms with Gasteiger partial charge in [0.05, 0.1) is 6.54 Å². The van der Waals surface area contributed by atoms with Gasteiger partial charge >= 0.3 is 0 Å². The Labute approximate surface area is 251 Å². The van der Waals surface area contributed by atoms with Gasteiger partial charge in [-0.15, -0.1) is 0 Å². The van der Waals surface area contributed by atoms with Gasteiger partial charge in [-0.2, -0.15) is 0 Å². The predicted octanol–water partition coefficient (Wildman–Crippen LogP) is 8.92.